The van der Waals surface area contributed by atoms with Crippen LogP contribution in [0, 0.1) is 6.92 Å². The average molecular weight is 246 g/mol. The highest BCUT2D eigenvalue weighted by atomic mass is 79.9. The highest BCUT2D eigenvalue weighted by Gasteiger charge is 2.07. The molecule has 0 aliphatic rings. The Morgan fingerprint density at radius 2 is 2.25 bits per heavy atom. The summed E-state index contributed by atoms with van der Waals surface area (Å²) < 4.78 is 0.904. The van der Waals surface area contributed by atoms with E-state index in [9.17, 15) is 0 Å². The van der Waals surface area contributed by atoms with Crippen LogP contribution in [0.15, 0.2) is 16.6 Å². The quantitative estimate of drug-likeness (QED) is 0.758. The van der Waals surface area contributed by atoms with Crippen LogP contribution in [0.25, 0.3) is 10.9 Å². The van der Waals surface area contributed by atoms with Crippen molar-refractivity contribution in [3.63, 3.8) is 0 Å². The maximum atomic E-state index is 6.07. The number of nitrogens with one attached hydrogen (secondary N) is 1. The summed E-state index contributed by atoms with van der Waals surface area (Å²) in [4.78, 5) is 0. The van der Waals surface area contributed by atoms with Crippen molar-refractivity contribution in [1.29, 1.82) is 0 Å². The first kappa shape index (κ1) is 8.08. The van der Waals surface area contributed by atoms with Crippen LogP contribution in [-0.2, 0) is 0 Å². The molecule has 0 bridgehead atoms. The molecular formula is C8H6BrClN2. The van der Waals surface area contributed by atoms with Crippen molar-refractivity contribution in [3.8, 4) is 0 Å². The summed E-state index contributed by atoms with van der Waals surface area (Å²) >= 11 is 9.43. The fraction of sp³-hybridized carbons (Fsp3) is 0.125. The van der Waals surface area contributed by atoms with Crippen molar-refractivity contribution in [1.82, 2.24) is 10.2 Å². The predicted octanol–water partition coefficient (Wildman–Crippen LogP) is 3.29. The Bertz CT molecular complexity index is 436. The van der Waals surface area contributed by atoms with E-state index in [4.69, 9.17) is 11.6 Å². The second kappa shape index (κ2) is 2.75. The van der Waals surface area contributed by atoms with E-state index in [0.717, 1.165) is 26.1 Å². The molecule has 2 rings (SSSR count). The Balaban J connectivity index is 2.96. The van der Waals surface area contributed by atoms with E-state index in [1.807, 2.05) is 19.1 Å². The molecule has 0 fully saturated rings. The van der Waals surface area contributed by atoms with Gasteiger partial charge in [0.2, 0.25) is 0 Å². The number of halogens is 2. The molecule has 2 aromatic rings. The number of aromatic amines is 1. The van der Waals surface area contributed by atoms with Crippen LogP contribution in [0.3, 0.4) is 0 Å². The van der Waals surface area contributed by atoms with Crippen molar-refractivity contribution < 1.29 is 0 Å². The minimum Gasteiger partial charge on any atom is -0.282 e. The monoisotopic (exact) mass is 244 g/mol. The van der Waals surface area contributed by atoms with Crippen molar-refractivity contribution in [2.75, 3.05) is 0 Å². The van der Waals surface area contributed by atoms with Gasteiger partial charge in [-0.15, -0.1) is 0 Å². The van der Waals surface area contributed by atoms with Crippen LogP contribution in [0.2, 0.25) is 5.02 Å². The molecular weight excluding hydrogens is 239 g/mol. The number of benzene rings is 1. The van der Waals surface area contributed by atoms with E-state index in [0.29, 0.717) is 0 Å². The molecule has 1 aromatic heterocycles. The van der Waals surface area contributed by atoms with Crippen LogP contribution in [-0.4, -0.2) is 10.2 Å². The van der Waals surface area contributed by atoms with Gasteiger partial charge in [-0.1, -0.05) is 11.6 Å². The van der Waals surface area contributed by atoms with E-state index in [1.54, 1.807) is 0 Å². The van der Waals surface area contributed by atoms with E-state index in [2.05, 4.69) is 26.1 Å². The molecule has 0 saturated heterocycles. The Hall–Kier alpha value is -0.540. The molecule has 12 heavy (non-hydrogen) atoms. The second-order valence-corrected chi connectivity index (χ2v) is 3.84. The molecule has 0 atom stereocenters. The SMILES string of the molecule is Cc1[nH]nc2ccc(Br)c(Cl)c12. The number of fused-ring (bicyclic) bond motifs is 1. The van der Waals surface area contributed by atoms with Crippen LogP contribution in [0.5, 0.6) is 0 Å². The zero-order valence-corrected chi connectivity index (χ0v) is 8.70. The maximum Gasteiger partial charge on any atom is 0.0939 e. The molecule has 0 aliphatic carbocycles. The number of hydrogen-bond acceptors (Lipinski definition) is 1. The third-order valence-electron chi connectivity index (χ3n) is 1.79. The third-order valence-corrected chi connectivity index (χ3v) is 3.07. The summed E-state index contributed by atoms with van der Waals surface area (Å²) in [5.74, 6) is 0. The normalized spacial score (nSPS) is 10.9. The van der Waals surface area contributed by atoms with Gasteiger partial charge in [0, 0.05) is 15.6 Å². The van der Waals surface area contributed by atoms with E-state index in [1.165, 1.54) is 0 Å². The lowest BCUT2D eigenvalue weighted by Crippen LogP contribution is -1.74. The summed E-state index contributed by atoms with van der Waals surface area (Å²) in [5, 5.41) is 8.69. The molecule has 62 valence electrons. The van der Waals surface area contributed by atoms with Gasteiger partial charge in [-0.2, -0.15) is 5.10 Å². The predicted molar refractivity (Wildman–Crippen MR) is 53.5 cm³/mol. The van der Waals surface area contributed by atoms with Crippen molar-refractivity contribution >= 4 is 38.4 Å². The molecule has 2 nitrogen and oxygen atoms in total. The van der Waals surface area contributed by atoms with Gasteiger partial charge in [0.25, 0.3) is 0 Å². The first-order valence-electron chi connectivity index (χ1n) is 3.49. The highest BCUT2D eigenvalue weighted by Crippen LogP contribution is 2.31. The van der Waals surface area contributed by atoms with Crippen molar-refractivity contribution in [2.24, 2.45) is 0 Å². The Morgan fingerprint density at radius 1 is 1.50 bits per heavy atom. The molecule has 0 saturated carbocycles. The van der Waals surface area contributed by atoms with Crippen molar-refractivity contribution in [2.45, 2.75) is 6.92 Å². The molecule has 1 heterocycles. The summed E-state index contributed by atoms with van der Waals surface area (Å²) in [6, 6.07) is 3.82. The summed E-state index contributed by atoms with van der Waals surface area (Å²) in [7, 11) is 0. The van der Waals surface area contributed by atoms with Gasteiger partial charge < -0.3 is 0 Å². The third kappa shape index (κ3) is 1.04. The lowest BCUT2D eigenvalue weighted by molar-refractivity contribution is 1.07. The fourth-order valence-electron chi connectivity index (χ4n) is 1.19. The van der Waals surface area contributed by atoms with Gasteiger partial charge in [-0.25, -0.2) is 0 Å². The first-order chi connectivity index (χ1) is 5.70. The minimum atomic E-state index is 0.721. The molecule has 1 N–H and O–H groups in total. The van der Waals surface area contributed by atoms with Crippen LogP contribution >= 0.6 is 27.5 Å². The summed E-state index contributed by atoms with van der Waals surface area (Å²) in [6.07, 6.45) is 0. The lowest BCUT2D eigenvalue weighted by Gasteiger charge is -1.96. The standard InChI is InChI=1S/C8H6BrClN2/c1-4-7-6(12-11-4)3-2-5(9)8(7)10/h2-3H,1H3,(H,11,12). The Morgan fingerprint density at radius 3 is 3.00 bits per heavy atom. The number of hydrogen-bond donors (Lipinski definition) is 1. The topological polar surface area (TPSA) is 28.7 Å². The average Bonchev–Trinajstić information content (AvgIpc) is 2.41. The fourth-order valence-corrected chi connectivity index (χ4v) is 1.82. The molecule has 0 aliphatic heterocycles. The molecule has 0 radical (unpaired) electrons. The first-order valence-corrected chi connectivity index (χ1v) is 4.66. The second-order valence-electron chi connectivity index (χ2n) is 2.60. The number of H-pyrrole nitrogens is 1. The van der Waals surface area contributed by atoms with Gasteiger partial charge >= 0.3 is 0 Å². The van der Waals surface area contributed by atoms with Crippen LogP contribution in [0.4, 0.5) is 0 Å². The Kier molecular flexibility index (Phi) is 1.85. The number of rotatable bonds is 0. The zero-order valence-electron chi connectivity index (χ0n) is 6.36. The Labute approximate surface area is 83.0 Å². The molecule has 4 heteroatoms. The van der Waals surface area contributed by atoms with Gasteiger partial charge in [0.15, 0.2) is 0 Å². The van der Waals surface area contributed by atoms with Gasteiger partial charge in [-0.05, 0) is 35.0 Å². The summed E-state index contributed by atoms with van der Waals surface area (Å²) in [6.45, 7) is 1.95. The minimum absolute atomic E-state index is 0.721. The van der Waals surface area contributed by atoms with Gasteiger partial charge in [0.1, 0.15) is 0 Å². The van der Waals surface area contributed by atoms with Gasteiger partial charge in [-0.3, -0.25) is 5.10 Å². The van der Waals surface area contributed by atoms with Crippen LogP contribution < -0.4 is 0 Å². The van der Waals surface area contributed by atoms with Crippen molar-refractivity contribution in [3.05, 3.63) is 27.3 Å². The number of aromatic nitrogens is 2. The maximum absolute atomic E-state index is 6.07. The molecule has 0 spiro atoms. The van der Waals surface area contributed by atoms with E-state index in [-0.39, 0.29) is 0 Å². The smallest absolute Gasteiger partial charge is 0.0939 e. The highest BCUT2D eigenvalue weighted by molar-refractivity contribution is 9.10. The number of nitrogens with zero attached hydrogens (tertiary/aromatic N) is 1. The van der Waals surface area contributed by atoms with E-state index < -0.39 is 0 Å². The van der Waals surface area contributed by atoms with E-state index >= 15 is 0 Å². The number of aryl methyl sites for hydroxylation is 1. The lowest BCUT2D eigenvalue weighted by atomic mass is 10.2. The largest absolute Gasteiger partial charge is 0.282 e. The van der Waals surface area contributed by atoms with Crippen LogP contribution in [0.1, 0.15) is 5.69 Å². The molecule has 0 unspecified atom stereocenters. The molecule has 0 amide bonds. The summed E-state index contributed by atoms with van der Waals surface area (Å²) in [5.41, 5.74) is 1.90. The van der Waals surface area contributed by atoms with Gasteiger partial charge in [0.05, 0.1) is 10.5 Å². The zero-order chi connectivity index (χ0) is 8.72. The molecule has 1 aromatic carbocycles.